The number of benzene rings is 1. The van der Waals surface area contributed by atoms with E-state index in [1.807, 2.05) is 0 Å². The molecule has 1 aliphatic rings. The van der Waals surface area contributed by atoms with Gasteiger partial charge in [-0.2, -0.15) is 0 Å². The molecule has 27 heavy (non-hydrogen) atoms. The maximum Gasteiger partial charge on any atom is 0.256 e. The Morgan fingerprint density at radius 3 is 2.85 bits per heavy atom. The topological polar surface area (TPSA) is 103 Å². The fourth-order valence-electron chi connectivity index (χ4n) is 3.52. The van der Waals surface area contributed by atoms with Gasteiger partial charge in [0, 0.05) is 24.4 Å². The van der Waals surface area contributed by atoms with E-state index in [0.29, 0.717) is 0 Å². The van der Waals surface area contributed by atoms with Crippen LogP contribution in [0.25, 0.3) is 5.65 Å². The lowest BCUT2D eigenvalue weighted by atomic mass is 9.96. The van der Waals surface area contributed by atoms with Crippen LogP contribution in [0.4, 0.5) is 19.0 Å². The number of carbonyl (C=O) groups is 1. The number of alkyl halides is 1. The SMILES string of the molecule is NC(=O)c1c(N2C[C@@H](F)C[C@]2(N)c2cc(F)ccc2F)nn2cccnc12. The van der Waals surface area contributed by atoms with Crippen LogP contribution in [-0.2, 0) is 5.66 Å². The summed E-state index contributed by atoms with van der Waals surface area (Å²) >= 11 is 0. The highest BCUT2D eigenvalue weighted by atomic mass is 19.1. The van der Waals surface area contributed by atoms with Crippen molar-refractivity contribution in [2.75, 3.05) is 11.4 Å². The number of carbonyl (C=O) groups excluding carboxylic acids is 1. The summed E-state index contributed by atoms with van der Waals surface area (Å²) in [6, 6.07) is 4.36. The summed E-state index contributed by atoms with van der Waals surface area (Å²) in [4.78, 5) is 17.3. The largest absolute Gasteiger partial charge is 0.365 e. The van der Waals surface area contributed by atoms with Crippen molar-refractivity contribution in [3.63, 3.8) is 0 Å². The normalized spacial score (nSPS) is 22.5. The van der Waals surface area contributed by atoms with Crippen molar-refractivity contribution in [2.24, 2.45) is 11.5 Å². The van der Waals surface area contributed by atoms with Gasteiger partial charge in [0.25, 0.3) is 5.91 Å². The van der Waals surface area contributed by atoms with Gasteiger partial charge in [-0.15, -0.1) is 5.10 Å². The first kappa shape index (κ1) is 17.3. The molecule has 0 spiro atoms. The molecule has 7 nitrogen and oxygen atoms in total. The van der Waals surface area contributed by atoms with Gasteiger partial charge in [0.1, 0.15) is 29.0 Å². The number of nitrogens with zero attached hydrogens (tertiary/aromatic N) is 4. The van der Waals surface area contributed by atoms with Crippen molar-refractivity contribution < 1.29 is 18.0 Å². The Balaban J connectivity index is 1.95. The first-order chi connectivity index (χ1) is 12.8. The van der Waals surface area contributed by atoms with Crippen LogP contribution in [0, 0.1) is 11.6 Å². The average Bonchev–Trinajstić information content (AvgIpc) is 3.14. The Hall–Kier alpha value is -3.14. The van der Waals surface area contributed by atoms with Crippen molar-refractivity contribution in [1.82, 2.24) is 14.6 Å². The zero-order valence-corrected chi connectivity index (χ0v) is 13.9. The number of amides is 1. The molecule has 1 aromatic carbocycles. The first-order valence-electron chi connectivity index (χ1n) is 8.10. The van der Waals surface area contributed by atoms with Gasteiger partial charge in [0.2, 0.25) is 0 Å². The minimum atomic E-state index is -1.76. The Labute approximate surface area is 151 Å². The van der Waals surface area contributed by atoms with Crippen LogP contribution in [0.2, 0.25) is 0 Å². The number of hydrogen-bond acceptors (Lipinski definition) is 5. The quantitative estimate of drug-likeness (QED) is 0.721. The second kappa shape index (κ2) is 5.95. The van der Waals surface area contributed by atoms with Gasteiger partial charge >= 0.3 is 0 Å². The minimum Gasteiger partial charge on any atom is -0.365 e. The summed E-state index contributed by atoms with van der Waals surface area (Å²) in [5.41, 5.74) is 9.94. The Bertz CT molecular complexity index is 1050. The third-order valence-corrected chi connectivity index (χ3v) is 4.67. The van der Waals surface area contributed by atoms with E-state index in [1.165, 1.54) is 21.8 Å². The van der Waals surface area contributed by atoms with Crippen molar-refractivity contribution in [3.05, 3.63) is 59.4 Å². The predicted octanol–water partition coefficient (Wildman–Crippen LogP) is 1.47. The van der Waals surface area contributed by atoms with Crippen LogP contribution in [0.3, 0.4) is 0 Å². The van der Waals surface area contributed by atoms with E-state index in [9.17, 15) is 18.0 Å². The summed E-state index contributed by atoms with van der Waals surface area (Å²) in [6.07, 6.45) is 1.21. The molecular weight excluding hydrogens is 361 g/mol. The van der Waals surface area contributed by atoms with Gasteiger partial charge in [-0.1, -0.05) is 0 Å². The molecule has 4 rings (SSSR count). The predicted molar refractivity (Wildman–Crippen MR) is 90.6 cm³/mol. The molecule has 1 fully saturated rings. The molecule has 0 bridgehead atoms. The summed E-state index contributed by atoms with van der Waals surface area (Å²) in [7, 11) is 0. The first-order valence-corrected chi connectivity index (χ1v) is 8.10. The fraction of sp³-hybridized carbons (Fsp3) is 0.235. The number of aromatic nitrogens is 3. The highest BCUT2D eigenvalue weighted by Crippen LogP contribution is 2.41. The zero-order chi connectivity index (χ0) is 19.3. The summed E-state index contributed by atoms with van der Waals surface area (Å²) < 4.78 is 43.8. The van der Waals surface area contributed by atoms with Crippen molar-refractivity contribution in [2.45, 2.75) is 18.3 Å². The van der Waals surface area contributed by atoms with Crippen molar-refractivity contribution in [3.8, 4) is 0 Å². The molecule has 1 aliphatic heterocycles. The van der Waals surface area contributed by atoms with Crippen LogP contribution in [0.1, 0.15) is 22.3 Å². The molecule has 0 saturated carbocycles. The molecule has 3 aromatic rings. The Morgan fingerprint density at radius 2 is 2.11 bits per heavy atom. The summed E-state index contributed by atoms with van der Waals surface area (Å²) in [5.74, 6) is -2.39. The van der Waals surface area contributed by atoms with Crippen molar-refractivity contribution in [1.29, 1.82) is 0 Å². The number of primary amides is 1. The van der Waals surface area contributed by atoms with E-state index in [2.05, 4.69) is 10.1 Å². The number of anilines is 1. The van der Waals surface area contributed by atoms with Gasteiger partial charge in [0.15, 0.2) is 11.5 Å². The van der Waals surface area contributed by atoms with Gasteiger partial charge in [-0.05, 0) is 24.3 Å². The fourth-order valence-corrected chi connectivity index (χ4v) is 3.52. The standard InChI is InChI=1S/C17H15F3N6O/c18-9-2-3-12(20)11(6-9)17(22)7-10(19)8-25(17)16-13(14(21)27)15-23-4-1-5-26(15)24-16/h1-6,10H,7-8,22H2,(H2,21,27)/t10-,17+/m0/s1. The van der Waals surface area contributed by atoms with Crippen LogP contribution in [0.5, 0.6) is 0 Å². The van der Waals surface area contributed by atoms with Gasteiger partial charge in [-0.25, -0.2) is 22.7 Å². The smallest absolute Gasteiger partial charge is 0.256 e. The van der Waals surface area contributed by atoms with E-state index in [-0.39, 0.29) is 35.6 Å². The van der Waals surface area contributed by atoms with E-state index >= 15 is 0 Å². The maximum absolute atomic E-state index is 14.4. The zero-order valence-electron chi connectivity index (χ0n) is 13.9. The lowest BCUT2D eigenvalue weighted by Gasteiger charge is -2.35. The van der Waals surface area contributed by atoms with Gasteiger partial charge in [0.05, 0.1) is 6.54 Å². The van der Waals surface area contributed by atoms with Crippen molar-refractivity contribution >= 4 is 17.4 Å². The molecule has 4 N–H and O–H groups in total. The molecular formula is C17H15F3N6O. The Kier molecular flexibility index (Phi) is 3.81. The second-order valence-corrected chi connectivity index (χ2v) is 6.41. The molecule has 2 aromatic heterocycles. The minimum absolute atomic E-state index is 0.0347. The van der Waals surface area contributed by atoms with E-state index in [0.717, 1.165) is 18.2 Å². The third kappa shape index (κ3) is 2.60. The molecule has 3 heterocycles. The lowest BCUT2D eigenvalue weighted by Crippen LogP contribution is -2.50. The third-order valence-electron chi connectivity index (χ3n) is 4.67. The molecule has 1 saturated heterocycles. The second-order valence-electron chi connectivity index (χ2n) is 6.41. The van der Waals surface area contributed by atoms with E-state index in [1.54, 1.807) is 6.07 Å². The highest BCUT2D eigenvalue weighted by Gasteiger charge is 2.48. The monoisotopic (exact) mass is 376 g/mol. The molecule has 140 valence electrons. The number of nitrogens with two attached hydrogens (primary N) is 2. The van der Waals surface area contributed by atoms with Gasteiger partial charge < -0.3 is 16.4 Å². The summed E-state index contributed by atoms with van der Waals surface area (Å²) in [6.45, 7) is -0.267. The number of fused-ring (bicyclic) bond motifs is 1. The lowest BCUT2D eigenvalue weighted by molar-refractivity contribution is 0.100. The molecule has 1 amide bonds. The van der Waals surface area contributed by atoms with Crippen LogP contribution < -0.4 is 16.4 Å². The molecule has 0 radical (unpaired) electrons. The number of rotatable bonds is 3. The van der Waals surface area contributed by atoms with E-state index in [4.69, 9.17) is 11.5 Å². The maximum atomic E-state index is 14.4. The average molecular weight is 376 g/mol. The Morgan fingerprint density at radius 1 is 1.33 bits per heavy atom. The summed E-state index contributed by atoms with van der Waals surface area (Å²) in [5, 5.41) is 4.24. The van der Waals surface area contributed by atoms with Gasteiger partial charge in [-0.3, -0.25) is 4.79 Å². The van der Waals surface area contributed by atoms with Crippen LogP contribution in [0.15, 0.2) is 36.7 Å². The highest BCUT2D eigenvalue weighted by molar-refractivity contribution is 6.04. The molecule has 0 aliphatic carbocycles. The van der Waals surface area contributed by atoms with Crippen LogP contribution in [-0.4, -0.2) is 33.2 Å². The molecule has 2 atom stereocenters. The number of halogens is 3. The van der Waals surface area contributed by atoms with Crippen LogP contribution >= 0.6 is 0 Å². The number of hydrogen-bond donors (Lipinski definition) is 2. The molecule has 0 unspecified atom stereocenters. The molecule has 10 heteroatoms. The van der Waals surface area contributed by atoms with E-state index < -0.39 is 29.4 Å².